The molecule has 0 aliphatic heterocycles. The fourth-order valence-electron chi connectivity index (χ4n) is 1.52. The first kappa shape index (κ1) is 14.9. The van der Waals surface area contributed by atoms with Crippen LogP contribution in [0.4, 0.5) is 5.69 Å². The molecule has 0 aromatic heterocycles. The zero-order valence-corrected chi connectivity index (χ0v) is 11.3. The van der Waals surface area contributed by atoms with Crippen molar-refractivity contribution in [3.8, 4) is 0 Å². The summed E-state index contributed by atoms with van der Waals surface area (Å²) in [7, 11) is 0. The van der Waals surface area contributed by atoms with Crippen molar-refractivity contribution in [3.05, 3.63) is 66.2 Å². The fraction of sp³-hybridized carbons (Fsp3) is 0.235. The molecular formula is C17H19N2. The molecule has 0 bridgehead atoms. The molecule has 1 N–H and O–H groups in total. The van der Waals surface area contributed by atoms with Crippen molar-refractivity contribution in [1.29, 1.82) is 5.41 Å². The highest BCUT2D eigenvalue weighted by atomic mass is 14.7. The molecule has 2 nitrogen and oxygen atoms in total. The maximum atomic E-state index is 6.69. The van der Waals surface area contributed by atoms with Gasteiger partial charge in [0.25, 0.3) is 0 Å². The van der Waals surface area contributed by atoms with Crippen LogP contribution in [-0.2, 0) is 6.42 Å². The first-order chi connectivity index (χ1) is 9.36. The lowest BCUT2D eigenvalue weighted by Gasteiger charge is -1.98. The summed E-state index contributed by atoms with van der Waals surface area (Å²) in [6, 6.07) is 22.5. The Morgan fingerprint density at radius 1 is 1.11 bits per heavy atom. The van der Waals surface area contributed by atoms with Crippen molar-refractivity contribution in [1.82, 2.24) is 0 Å². The number of hydrogen-bond acceptors (Lipinski definition) is 2. The molecule has 0 aliphatic rings. The minimum Gasteiger partial charge on any atom is -0.241 e. The summed E-state index contributed by atoms with van der Waals surface area (Å²) in [5.74, 6) is 0. The topological polar surface area (TPSA) is 36.2 Å². The first-order valence-electron chi connectivity index (χ1n) is 6.49. The normalized spacial score (nSPS) is 8.89. The molecule has 0 aliphatic carbocycles. The summed E-state index contributed by atoms with van der Waals surface area (Å²) in [6.45, 7) is 2.19. The molecular weight excluding hydrogens is 232 g/mol. The van der Waals surface area contributed by atoms with Crippen LogP contribution in [0.2, 0.25) is 0 Å². The van der Waals surface area contributed by atoms with E-state index in [2.05, 4.69) is 30.1 Å². The molecule has 2 rings (SSSR count). The van der Waals surface area contributed by atoms with Crippen molar-refractivity contribution < 1.29 is 0 Å². The van der Waals surface area contributed by atoms with E-state index in [9.17, 15) is 0 Å². The van der Waals surface area contributed by atoms with Crippen LogP contribution < -0.4 is 0 Å². The van der Waals surface area contributed by atoms with Gasteiger partial charge in [-0.2, -0.15) is 4.99 Å². The predicted octanol–water partition coefficient (Wildman–Crippen LogP) is 4.90. The van der Waals surface area contributed by atoms with Gasteiger partial charge >= 0.3 is 0 Å². The molecule has 0 fully saturated rings. The van der Waals surface area contributed by atoms with E-state index in [4.69, 9.17) is 5.41 Å². The smallest absolute Gasteiger partial charge is 0.0918 e. The van der Waals surface area contributed by atoms with E-state index >= 15 is 0 Å². The highest BCUT2D eigenvalue weighted by Gasteiger charge is 1.92. The van der Waals surface area contributed by atoms with Crippen LogP contribution in [-0.4, -0.2) is 6.01 Å². The van der Waals surface area contributed by atoms with Crippen LogP contribution >= 0.6 is 0 Å². The second kappa shape index (κ2) is 9.81. The second-order valence-electron chi connectivity index (χ2n) is 4.07. The lowest BCUT2D eigenvalue weighted by molar-refractivity contribution is 0.795. The Hall–Kier alpha value is -2.18. The van der Waals surface area contributed by atoms with Gasteiger partial charge in [0.1, 0.15) is 0 Å². The number of nitrogens with one attached hydrogen (secondary N) is 1. The zero-order chi connectivity index (χ0) is 13.8. The molecule has 2 aromatic carbocycles. The van der Waals surface area contributed by atoms with E-state index in [-0.39, 0.29) is 0 Å². The van der Waals surface area contributed by atoms with Crippen LogP contribution in [0.1, 0.15) is 25.3 Å². The summed E-state index contributed by atoms with van der Waals surface area (Å²) in [4.78, 5) is 3.74. The third-order valence-electron chi connectivity index (χ3n) is 2.55. The average Bonchev–Trinajstić information content (AvgIpc) is 2.49. The standard InChI is InChI=1S/C11H14N2.C6H5/c1-2-3-4-10-5-7-11(8-6-10)13-9-12;1-2-4-6-5-3-1/h5-8,12H,2-4H2,1H3;1-5H. The van der Waals surface area contributed by atoms with Crippen LogP contribution in [0.15, 0.2) is 59.6 Å². The number of unbranched alkanes of at least 4 members (excludes halogenated alkanes) is 1. The first-order valence-corrected chi connectivity index (χ1v) is 6.49. The van der Waals surface area contributed by atoms with Crippen LogP contribution in [0.3, 0.4) is 0 Å². The molecule has 2 heteroatoms. The van der Waals surface area contributed by atoms with E-state index in [0.29, 0.717) is 0 Å². The van der Waals surface area contributed by atoms with Gasteiger partial charge in [-0.15, -0.1) is 0 Å². The SMILES string of the molecule is CCCCc1ccc(N=C=N)cc1.[c]1ccccc1. The van der Waals surface area contributed by atoms with Crippen molar-refractivity contribution in [2.75, 3.05) is 0 Å². The Morgan fingerprint density at radius 2 is 1.79 bits per heavy atom. The minimum atomic E-state index is 0.801. The maximum Gasteiger partial charge on any atom is 0.0918 e. The summed E-state index contributed by atoms with van der Waals surface area (Å²) < 4.78 is 0. The molecule has 0 heterocycles. The Bertz CT molecular complexity index is 456. The minimum absolute atomic E-state index is 0.801. The van der Waals surface area contributed by atoms with Gasteiger partial charge in [0.2, 0.25) is 0 Å². The van der Waals surface area contributed by atoms with Crippen LogP contribution in [0.25, 0.3) is 0 Å². The number of hydrogen-bond donors (Lipinski definition) is 1. The third-order valence-corrected chi connectivity index (χ3v) is 2.55. The van der Waals surface area contributed by atoms with Gasteiger partial charge in [0, 0.05) is 0 Å². The summed E-state index contributed by atoms with van der Waals surface area (Å²) in [6.07, 6.45) is 3.58. The van der Waals surface area contributed by atoms with Crippen molar-refractivity contribution in [2.24, 2.45) is 4.99 Å². The molecule has 19 heavy (non-hydrogen) atoms. The maximum absolute atomic E-state index is 6.69. The fourth-order valence-corrected chi connectivity index (χ4v) is 1.52. The molecule has 97 valence electrons. The number of aryl methyl sites for hydroxylation is 1. The van der Waals surface area contributed by atoms with Crippen molar-refractivity contribution in [2.45, 2.75) is 26.2 Å². The highest BCUT2D eigenvalue weighted by molar-refractivity contribution is 5.50. The number of nitrogens with zero attached hydrogens (tertiary/aromatic N) is 1. The number of rotatable bonds is 4. The molecule has 1 radical (unpaired) electrons. The highest BCUT2D eigenvalue weighted by Crippen LogP contribution is 2.13. The quantitative estimate of drug-likeness (QED) is 0.750. The van der Waals surface area contributed by atoms with Gasteiger partial charge in [0.05, 0.1) is 11.7 Å². The van der Waals surface area contributed by atoms with Gasteiger partial charge in [-0.3, -0.25) is 0 Å². The Morgan fingerprint density at radius 3 is 2.21 bits per heavy atom. The van der Waals surface area contributed by atoms with Gasteiger partial charge in [-0.1, -0.05) is 55.8 Å². The lowest BCUT2D eigenvalue weighted by Crippen LogP contribution is -1.82. The van der Waals surface area contributed by atoms with E-state index in [1.54, 1.807) is 0 Å². The van der Waals surface area contributed by atoms with Gasteiger partial charge in [-0.25, -0.2) is 5.41 Å². The van der Waals surface area contributed by atoms with E-state index in [1.165, 1.54) is 18.4 Å². The molecule has 2 aromatic rings. The largest absolute Gasteiger partial charge is 0.241 e. The molecule has 0 atom stereocenters. The van der Waals surface area contributed by atoms with Gasteiger partial charge in [-0.05, 0) is 36.6 Å². The Labute approximate surface area is 115 Å². The van der Waals surface area contributed by atoms with Crippen LogP contribution in [0, 0.1) is 11.5 Å². The van der Waals surface area contributed by atoms with E-state index < -0.39 is 0 Å². The second-order valence-corrected chi connectivity index (χ2v) is 4.07. The van der Waals surface area contributed by atoms with E-state index in [0.717, 1.165) is 12.1 Å². The summed E-state index contributed by atoms with van der Waals surface area (Å²) >= 11 is 0. The molecule has 0 saturated heterocycles. The molecule has 0 amide bonds. The average molecular weight is 251 g/mol. The summed E-state index contributed by atoms with van der Waals surface area (Å²) in [5.41, 5.74) is 2.14. The number of benzene rings is 2. The molecule has 0 spiro atoms. The van der Waals surface area contributed by atoms with E-state index in [1.807, 2.05) is 48.5 Å². The number of aliphatic imine (C=N–C) groups is 1. The summed E-state index contributed by atoms with van der Waals surface area (Å²) in [5, 5.41) is 6.69. The Balaban J connectivity index is 0.000000250. The monoisotopic (exact) mass is 251 g/mol. The third kappa shape index (κ3) is 6.97. The van der Waals surface area contributed by atoms with Gasteiger partial charge in [0.15, 0.2) is 0 Å². The predicted molar refractivity (Wildman–Crippen MR) is 80.1 cm³/mol. The Kier molecular flexibility index (Phi) is 7.68. The van der Waals surface area contributed by atoms with Gasteiger partial charge < -0.3 is 0 Å². The molecule has 0 saturated carbocycles. The van der Waals surface area contributed by atoms with Crippen molar-refractivity contribution >= 4 is 11.7 Å². The van der Waals surface area contributed by atoms with Crippen molar-refractivity contribution in [3.63, 3.8) is 0 Å². The zero-order valence-electron chi connectivity index (χ0n) is 11.3. The van der Waals surface area contributed by atoms with Crippen LogP contribution in [0.5, 0.6) is 0 Å². The lowest BCUT2D eigenvalue weighted by atomic mass is 10.1. The molecule has 0 unspecified atom stereocenters.